The normalized spacial score (nSPS) is 24.6. The van der Waals surface area contributed by atoms with Crippen LogP contribution in [0, 0.1) is 24.7 Å². The van der Waals surface area contributed by atoms with Gasteiger partial charge in [-0.2, -0.15) is 4.52 Å². The van der Waals surface area contributed by atoms with Crippen molar-refractivity contribution in [3.63, 3.8) is 0 Å². The molecule has 2 aromatic rings. The van der Waals surface area contributed by atoms with Crippen molar-refractivity contribution in [1.82, 2.24) is 24.1 Å². The van der Waals surface area contributed by atoms with Crippen molar-refractivity contribution in [3.8, 4) is 0 Å². The van der Waals surface area contributed by atoms with Gasteiger partial charge >= 0.3 is 0 Å². The maximum Gasteiger partial charge on any atom is 0.214 e. The van der Waals surface area contributed by atoms with Crippen molar-refractivity contribution in [2.45, 2.75) is 20.8 Å². The molecular weight excluding hydrogens is 340 g/mol. The topological polar surface area (TPSA) is 83.7 Å². The van der Waals surface area contributed by atoms with Crippen LogP contribution in [-0.4, -0.2) is 64.5 Å². The maximum absolute atomic E-state index is 12.5. The first-order valence-corrected chi connectivity index (χ1v) is 10.4. The van der Waals surface area contributed by atoms with Crippen molar-refractivity contribution in [1.29, 1.82) is 0 Å². The van der Waals surface area contributed by atoms with Crippen LogP contribution in [0.2, 0.25) is 0 Å². The van der Waals surface area contributed by atoms with Crippen LogP contribution in [0.15, 0.2) is 12.1 Å². The van der Waals surface area contributed by atoms with Gasteiger partial charge in [0.1, 0.15) is 5.82 Å². The Labute approximate surface area is 147 Å². The van der Waals surface area contributed by atoms with Crippen LogP contribution in [0.5, 0.6) is 0 Å². The summed E-state index contributed by atoms with van der Waals surface area (Å²) in [4.78, 5) is 2.25. The second kappa shape index (κ2) is 5.91. The molecule has 0 saturated carbocycles. The largest absolute Gasteiger partial charge is 0.355 e. The minimum Gasteiger partial charge on any atom is -0.355 e. The van der Waals surface area contributed by atoms with Gasteiger partial charge < -0.3 is 4.90 Å². The Hall–Kier alpha value is -1.74. The fraction of sp³-hybridized carbons (Fsp3) is 0.688. The minimum absolute atomic E-state index is 0.157. The number of hydrogen-bond donors (Lipinski definition) is 0. The first-order valence-electron chi connectivity index (χ1n) is 8.75. The molecule has 2 atom stereocenters. The Morgan fingerprint density at radius 2 is 1.80 bits per heavy atom. The van der Waals surface area contributed by atoms with Crippen LogP contribution in [0.25, 0.3) is 5.65 Å². The SMILES string of the molecule is Cc1nnc2ccc(N3CC4CN(S(=O)(=O)CC(C)C)CC4C3)nn12. The fourth-order valence-corrected chi connectivity index (χ4v) is 5.84. The number of hydrogen-bond acceptors (Lipinski definition) is 6. The predicted octanol–water partition coefficient (Wildman–Crippen LogP) is 0.787. The number of sulfonamides is 1. The van der Waals surface area contributed by atoms with Crippen LogP contribution in [0.3, 0.4) is 0 Å². The molecule has 2 unspecified atom stereocenters. The number of rotatable bonds is 4. The number of fused-ring (bicyclic) bond motifs is 2. The average molecular weight is 364 g/mol. The molecule has 0 spiro atoms. The van der Waals surface area contributed by atoms with E-state index in [4.69, 9.17) is 0 Å². The summed E-state index contributed by atoms with van der Waals surface area (Å²) in [6, 6.07) is 3.90. The molecule has 25 heavy (non-hydrogen) atoms. The quantitative estimate of drug-likeness (QED) is 0.797. The molecule has 4 rings (SSSR count). The summed E-state index contributed by atoms with van der Waals surface area (Å²) in [6.07, 6.45) is 0. The first kappa shape index (κ1) is 16.7. The molecule has 136 valence electrons. The summed E-state index contributed by atoms with van der Waals surface area (Å²) in [5.74, 6) is 2.82. The van der Waals surface area contributed by atoms with Crippen LogP contribution < -0.4 is 4.90 Å². The molecule has 0 bridgehead atoms. The minimum atomic E-state index is -3.13. The number of anilines is 1. The summed E-state index contributed by atoms with van der Waals surface area (Å²) in [6.45, 7) is 8.73. The fourth-order valence-electron chi connectivity index (χ4n) is 3.95. The van der Waals surface area contributed by atoms with Gasteiger partial charge in [-0.3, -0.25) is 0 Å². The van der Waals surface area contributed by atoms with E-state index in [2.05, 4.69) is 20.2 Å². The standard InChI is InChI=1S/C16H24N6O2S/c1-11(2)10-25(23,24)21-8-13-6-20(7-14(13)9-21)16-5-4-15-18-17-12(3)22(15)19-16/h4-5,11,13-14H,6-10H2,1-3H3. The molecule has 0 aromatic carbocycles. The van der Waals surface area contributed by atoms with Gasteiger partial charge in [0.15, 0.2) is 11.5 Å². The molecule has 0 amide bonds. The smallest absolute Gasteiger partial charge is 0.214 e. The highest BCUT2D eigenvalue weighted by Gasteiger charge is 2.44. The van der Waals surface area contributed by atoms with Crippen LogP contribution in [0.1, 0.15) is 19.7 Å². The zero-order valence-electron chi connectivity index (χ0n) is 14.8. The molecule has 4 heterocycles. The molecule has 2 aliphatic heterocycles. The lowest BCUT2D eigenvalue weighted by Gasteiger charge is -2.22. The molecule has 2 saturated heterocycles. The predicted molar refractivity (Wildman–Crippen MR) is 94.9 cm³/mol. The Balaban J connectivity index is 1.48. The summed E-state index contributed by atoms with van der Waals surface area (Å²) >= 11 is 0. The van der Waals surface area contributed by atoms with Gasteiger partial charge in [-0.1, -0.05) is 13.8 Å². The summed E-state index contributed by atoms with van der Waals surface area (Å²) in [7, 11) is -3.13. The molecule has 9 heteroatoms. The van der Waals surface area contributed by atoms with Crippen molar-refractivity contribution < 1.29 is 8.42 Å². The Kier molecular flexibility index (Phi) is 3.95. The van der Waals surface area contributed by atoms with E-state index in [0.29, 0.717) is 24.9 Å². The average Bonchev–Trinajstić information content (AvgIpc) is 3.19. The van der Waals surface area contributed by atoms with Gasteiger partial charge in [-0.25, -0.2) is 12.7 Å². The third-order valence-electron chi connectivity index (χ3n) is 5.12. The van der Waals surface area contributed by atoms with Crippen molar-refractivity contribution >= 4 is 21.5 Å². The van der Waals surface area contributed by atoms with E-state index in [1.54, 1.807) is 8.82 Å². The van der Waals surface area contributed by atoms with Gasteiger partial charge in [0.05, 0.1) is 5.75 Å². The third kappa shape index (κ3) is 2.99. The molecule has 0 N–H and O–H groups in total. The zero-order valence-corrected chi connectivity index (χ0v) is 15.6. The van der Waals surface area contributed by atoms with Gasteiger partial charge in [0, 0.05) is 26.2 Å². The van der Waals surface area contributed by atoms with E-state index in [9.17, 15) is 8.42 Å². The maximum atomic E-state index is 12.5. The number of nitrogens with zero attached hydrogens (tertiary/aromatic N) is 6. The molecule has 0 radical (unpaired) electrons. The lowest BCUT2D eigenvalue weighted by Crippen LogP contribution is -2.36. The Morgan fingerprint density at radius 1 is 1.12 bits per heavy atom. The Morgan fingerprint density at radius 3 is 2.44 bits per heavy atom. The number of aryl methyl sites for hydroxylation is 1. The van der Waals surface area contributed by atoms with Gasteiger partial charge in [-0.05, 0) is 36.8 Å². The van der Waals surface area contributed by atoms with E-state index in [1.165, 1.54) is 0 Å². The molecule has 2 fully saturated rings. The highest BCUT2D eigenvalue weighted by Crippen LogP contribution is 2.34. The molecule has 2 aromatic heterocycles. The number of aromatic nitrogens is 4. The molecular formula is C16H24N6O2S. The Bertz CT molecular complexity index is 879. The van der Waals surface area contributed by atoms with Crippen LogP contribution in [-0.2, 0) is 10.0 Å². The lowest BCUT2D eigenvalue weighted by molar-refractivity contribution is 0.447. The lowest BCUT2D eigenvalue weighted by atomic mass is 10.0. The highest BCUT2D eigenvalue weighted by molar-refractivity contribution is 7.89. The van der Waals surface area contributed by atoms with Crippen LogP contribution >= 0.6 is 0 Å². The summed E-state index contributed by atoms with van der Waals surface area (Å²) in [5, 5.41) is 12.7. The first-order chi connectivity index (χ1) is 11.8. The van der Waals surface area contributed by atoms with Crippen molar-refractivity contribution in [2.24, 2.45) is 17.8 Å². The monoisotopic (exact) mass is 364 g/mol. The van der Waals surface area contributed by atoms with E-state index in [1.807, 2.05) is 32.9 Å². The van der Waals surface area contributed by atoms with E-state index in [-0.39, 0.29) is 11.7 Å². The van der Waals surface area contributed by atoms with E-state index >= 15 is 0 Å². The summed E-state index contributed by atoms with van der Waals surface area (Å²) < 4.78 is 28.4. The highest BCUT2D eigenvalue weighted by atomic mass is 32.2. The van der Waals surface area contributed by atoms with Crippen LogP contribution in [0.4, 0.5) is 5.82 Å². The second-order valence-electron chi connectivity index (χ2n) is 7.62. The summed E-state index contributed by atoms with van der Waals surface area (Å²) in [5.41, 5.74) is 0.742. The molecule has 0 aliphatic carbocycles. The van der Waals surface area contributed by atoms with Crippen molar-refractivity contribution in [2.75, 3.05) is 36.8 Å². The third-order valence-corrected chi connectivity index (χ3v) is 7.29. The van der Waals surface area contributed by atoms with Gasteiger partial charge in [0.2, 0.25) is 10.0 Å². The van der Waals surface area contributed by atoms with Gasteiger partial charge in [-0.15, -0.1) is 15.3 Å². The van der Waals surface area contributed by atoms with E-state index < -0.39 is 10.0 Å². The van der Waals surface area contributed by atoms with E-state index in [0.717, 1.165) is 30.4 Å². The molecule has 8 nitrogen and oxygen atoms in total. The van der Waals surface area contributed by atoms with Gasteiger partial charge in [0.25, 0.3) is 0 Å². The second-order valence-corrected chi connectivity index (χ2v) is 9.64. The van der Waals surface area contributed by atoms with Crippen molar-refractivity contribution in [3.05, 3.63) is 18.0 Å². The zero-order chi connectivity index (χ0) is 17.8. The molecule has 2 aliphatic rings.